The van der Waals surface area contributed by atoms with Crippen molar-refractivity contribution < 1.29 is 14.1 Å². The van der Waals surface area contributed by atoms with Crippen molar-refractivity contribution >= 4 is 24.4 Å². The van der Waals surface area contributed by atoms with E-state index in [2.05, 4.69) is 15.3 Å². The van der Waals surface area contributed by atoms with Gasteiger partial charge in [0.1, 0.15) is 0 Å². The Balaban J connectivity index is 1.59. The van der Waals surface area contributed by atoms with Gasteiger partial charge in [-0.3, -0.25) is 4.79 Å². The summed E-state index contributed by atoms with van der Waals surface area (Å²) in [5, 5.41) is 3.22. The molecule has 0 saturated carbocycles. The molecule has 2 fully saturated rings. The molecule has 3 rings (SSSR count). The quantitative estimate of drug-likeness (QED) is 0.826. The standard InChI is InChI=1S/C17H27BN4O3/c1-12(23)22-8-6-7-14(22)11-21-15-19-9-13(10-20-15)18-24-16(2,3)17(4,5)25-18/h9-10,14H,6-8,11H2,1-5H3,(H,19,20,21). The van der Waals surface area contributed by atoms with Gasteiger partial charge >= 0.3 is 7.12 Å². The number of amides is 1. The first-order chi connectivity index (χ1) is 11.7. The highest BCUT2D eigenvalue weighted by Crippen LogP contribution is 2.36. The van der Waals surface area contributed by atoms with Crippen molar-refractivity contribution in [3.05, 3.63) is 12.4 Å². The Hall–Kier alpha value is -1.67. The summed E-state index contributed by atoms with van der Waals surface area (Å²) in [6.45, 7) is 11.2. The molecule has 1 aromatic rings. The molecule has 136 valence electrons. The predicted molar refractivity (Wildman–Crippen MR) is 96.6 cm³/mol. The summed E-state index contributed by atoms with van der Waals surface area (Å²) >= 11 is 0. The molecule has 1 unspecified atom stereocenters. The normalized spacial score (nSPS) is 24.6. The van der Waals surface area contributed by atoms with Crippen molar-refractivity contribution in [3.63, 3.8) is 0 Å². The zero-order chi connectivity index (χ0) is 18.2. The van der Waals surface area contributed by atoms with Crippen LogP contribution in [0.5, 0.6) is 0 Å². The Bertz CT molecular complexity index is 619. The molecule has 7 nitrogen and oxygen atoms in total. The Kier molecular flexibility index (Phi) is 4.77. The van der Waals surface area contributed by atoms with Crippen LogP contribution in [0.25, 0.3) is 0 Å². The number of carbonyl (C=O) groups is 1. The average Bonchev–Trinajstić information content (AvgIpc) is 3.08. The van der Waals surface area contributed by atoms with E-state index < -0.39 is 7.12 Å². The van der Waals surface area contributed by atoms with Gasteiger partial charge in [-0.2, -0.15) is 0 Å². The SMILES string of the molecule is CC(=O)N1CCCC1CNc1ncc(B2OC(C)(C)C(C)(C)O2)cn1. The third-order valence-corrected chi connectivity index (χ3v) is 5.47. The molecule has 1 amide bonds. The predicted octanol–water partition coefficient (Wildman–Crippen LogP) is 1.20. The number of hydrogen-bond donors (Lipinski definition) is 1. The van der Waals surface area contributed by atoms with E-state index in [0.717, 1.165) is 24.8 Å². The Morgan fingerprint density at radius 3 is 2.44 bits per heavy atom. The molecule has 0 bridgehead atoms. The molecular weight excluding hydrogens is 319 g/mol. The minimum Gasteiger partial charge on any atom is -0.399 e. The third kappa shape index (κ3) is 3.65. The lowest BCUT2D eigenvalue weighted by molar-refractivity contribution is -0.129. The Morgan fingerprint density at radius 1 is 1.28 bits per heavy atom. The van der Waals surface area contributed by atoms with E-state index in [9.17, 15) is 4.79 Å². The second-order valence-corrected chi connectivity index (χ2v) is 7.82. The monoisotopic (exact) mass is 346 g/mol. The fourth-order valence-corrected chi connectivity index (χ4v) is 3.20. The van der Waals surface area contributed by atoms with Gasteiger partial charge in [0.2, 0.25) is 11.9 Å². The molecule has 0 spiro atoms. The van der Waals surface area contributed by atoms with Crippen LogP contribution in [0.15, 0.2) is 12.4 Å². The first-order valence-corrected chi connectivity index (χ1v) is 8.88. The van der Waals surface area contributed by atoms with Crippen molar-refractivity contribution in [2.75, 3.05) is 18.4 Å². The summed E-state index contributed by atoms with van der Waals surface area (Å²) in [6.07, 6.45) is 5.52. The molecule has 2 saturated heterocycles. The number of anilines is 1. The maximum Gasteiger partial charge on any atom is 0.498 e. The van der Waals surface area contributed by atoms with Crippen LogP contribution in [-0.2, 0) is 14.1 Å². The summed E-state index contributed by atoms with van der Waals surface area (Å²) in [5.41, 5.74) is 0.0379. The first-order valence-electron chi connectivity index (χ1n) is 8.88. The van der Waals surface area contributed by atoms with Gasteiger partial charge in [-0.15, -0.1) is 0 Å². The zero-order valence-electron chi connectivity index (χ0n) is 15.7. The molecule has 2 aliphatic rings. The second kappa shape index (κ2) is 6.57. The van der Waals surface area contributed by atoms with Gasteiger partial charge in [0.25, 0.3) is 0 Å². The summed E-state index contributed by atoms with van der Waals surface area (Å²) in [7, 11) is -0.456. The molecule has 3 heterocycles. The topological polar surface area (TPSA) is 76.6 Å². The lowest BCUT2D eigenvalue weighted by atomic mass is 9.81. The van der Waals surface area contributed by atoms with Gasteiger partial charge in [-0.1, -0.05) is 0 Å². The van der Waals surface area contributed by atoms with Crippen LogP contribution < -0.4 is 10.8 Å². The number of rotatable bonds is 4. The van der Waals surface area contributed by atoms with Crippen molar-refractivity contribution in [2.45, 2.75) is 64.7 Å². The zero-order valence-corrected chi connectivity index (χ0v) is 15.7. The molecule has 0 radical (unpaired) electrons. The van der Waals surface area contributed by atoms with Crippen molar-refractivity contribution in [3.8, 4) is 0 Å². The van der Waals surface area contributed by atoms with Gasteiger partial charge in [-0.05, 0) is 40.5 Å². The maximum absolute atomic E-state index is 11.6. The fourth-order valence-electron chi connectivity index (χ4n) is 3.20. The van der Waals surface area contributed by atoms with Crippen LogP contribution in [0.3, 0.4) is 0 Å². The van der Waals surface area contributed by atoms with Gasteiger partial charge in [-0.25, -0.2) is 9.97 Å². The molecule has 0 aromatic carbocycles. The molecule has 1 atom stereocenters. The summed E-state index contributed by atoms with van der Waals surface area (Å²) in [5.74, 6) is 0.678. The van der Waals surface area contributed by atoms with E-state index in [0.29, 0.717) is 12.5 Å². The molecule has 8 heteroatoms. The molecule has 0 aliphatic carbocycles. The summed E-state index contributed by atoms with van der Waals surface area (Å²) < 4.78 is 12.0. The fraction of sp³-hybridized carbons (Fsp3) is 0.706. The number of carbonyl (C=O) groups excluding carboxylic acids is 1. The van der Waals surface area contributed by atoms with Crippen molar-refractivity contribution in [1.82, 2.24) is 14.9 Å². The van der Waals surface area contributed by atoms with E-state index in [4.69, 9.17) is 9.31 Å². The third-order valence-electron chi connectivity index (χ3n) is 5.47. The minimum atomic E-state index is -0.456. The van der Waals surface area contributed by atoms with Crippen LogP contribution in [0.4, 0.5) is 5.95 Å². The molecule has 1 N–H and O–H groups in total. The van der Waals surface area contributed by atoms with E-state index in [1.54, 1.807) is 19.3 Å². The highest BCUT2D eigenvalue weighted by Gasteiger charge is 2.51. The largest absolute Gasteiger partial charge is 0.498 e. The van der Waals surface area contributed by atoms with Crippen molar-refractivity contribution in [1.29, 1.82) is 0 Å². The highest BCUT2D eigenvalue weighted by molar-refractivity contribution is 6.61. The Labute approximate surface area is 149 Å². The summed E-state index contributed by atoms with van der Waals surface area (Å²) in [4.78, 5) is 22.2. The number of hydrogen-bond acceptors (Lipinski definition) is 6. The smallest absolute Gasteiger partial charge is 0.399 e. The average molecular weight is 346 g/mol. The van der Waals surface area contributed by atoms with Gasteiger partial charge in [0, 0.05) is 43.9 Å². The van der Waals surface area contributed by atoms with E-state index >= 15 is 0 Å². The lowest BCUT2D eigenvalue weighted by Gasteiger charge is -2.32. The van der Waals surface area contributed by atoms with E-state index in [-0.39, 0.29) is 23.2 Å². The second-order valence-electron chi connectivity index (χ2n) is 7.82. The van der Waals surface area contributed by atoms with Crippen LogP contribution in [0.1, 0.15) is 47.5 Å². The molecule has 2 aliphatic heterocycles. The van der Waals surface area contributed by atoms with Gasteiger partial charge < -0.3 is 19.5 Å². The first kappa shape index (κ1) is 18.1. The maximum atomic E-state index is 11.6. The molecular formula is C17H27BN4O3. The van der Waals surface area contributed by atoms with E-state index in [1.807, 2.05) is 32.6 Å². The van der Waals surface area contributed by atoms with Crippen LogP contribution in [0.2, 0.25) is 0 Å². The van der Waals surface area contributed by atoms with Crippen molar-refractivity contribution in [2.24, 2.45) is 0 Å². The number of nitrogens with one attached hydrogen (secondary N) is 1. The number of nitrogens with zero attached hydrogens (tertiary/aromatic N) is 3. The van der Waals surface area contributed by atoms with Crippen LogP contribution in [0, 0.1) is 0 Å². The molecule has 1 aromatic heterocycles. The van der Waals surface area contributed by atoms with Gasteiger partial charge in [0.05, 0.1) is 11.2 Å². The molecule has 25 heavy (non-hydrogen) atoms. The lowest BCUT2D eigenvalue weighted by Crippen LogP contribution is -2.41. The minimum absolute atomic E-state index is 0.126. The highest BCUT2D eigenvalue weighted by atomic mass is 16.7. The number of likely N-dealkylation sites (tertiary alicyclic amines) is 1. The van der Waals surface area contributed by atoms with E-state index in [1.165, 1.54) is 0 Å². The number of aromatic nitrogens is 2. The van der Waals surface area contributed by atoms with Gasteiger partial charge in [0.15, 0.2) is 0 Å². The Morgan fingerprint density at radius 2 is 1.88 bits per heavy atom. The van der Waals surface area contributed by atoms with Crippen LogP contribution in [-0.4, -0.2) is 58.2 Å². The van der Waals surface area contributed by atoms with Crippen LogP contribution >= 0.6 is 0 Å². The summed E-state index contributed by atoms with van der Waals surface area (Å²) in [6, 6.07) is 0.212.